The number of hydrogen-bond donors (Lipinski definition) is 1. The van der Waals surface area contributed by atoms with E-state index in [-0.39, 0.29) is 5.41 Å². The van der Waals surface area contributed by atoms with E-state index in [9.17, 15) is 0 Å². The summed E-state index contributed by atoms with van der Waals surface area (Å²) in [6.45, 7) is 15.6. The van der Waals surface area contributed by atoms with Crippen LogP contribution in [-0.2, 0) is 5.41 Å². The van der Waals surface area contributed by atoms with Crippen LogP contribution in [0.1, 0.15) is 59.4 Å². The van der Waals surface area contributed by atoms with Crippen molar-refractivity contribution in [1.82, 2.24) is 10.2 Å². The molecule has 0 atom stereocenters. The molecule has 2 rings (SSSR count). The number of piperidine rings is 1. The first-order chi connectivity index (χ1) is 11.3. The number of nitrogens with zero attached hydrogens (tertiary/aromatic N) is 1. The van der Waals surface area contributed by atoms with E-state index in [2.05, 4.69) is 69.1 Å². The van der Waals surface area contributed by atoms with Gasteiger partial charge in [0.05, 0.1) is 6.61 Å². The van der Waals surface area contributed by atoms with Crippen molar-refractivity contribution in [2.45, 2.75) is 71.4 Å². The Labute approximate surface area is 148 Å². The zero-order valence-electron chi connectivity index (χ0n) is 16.3. The summed E-state index contributed by atoms with van der Waals surface area (Å²) in [7, 11) is 0. The highest BCUT2D eigenvalue weighted by molar-refractivity contribution is 5.31. The van der Waals surface area contributed by atoms with Gasteiger partial charge in [-0.05, 0) is 55.5 Å². The zero-order chi connectivity index (χ0) is 17.6. The SMILES string of the molecule is CC(C)NC1CCN(CCCOc2ccc(C(C)(C)C)cc2)CC1. The molecule has 3 nitrogen and oxygen atoms in total. The van der Waals surface area contributed by atoms with Crippen molar-refractivity contribution in [2.24, 2.45) is 0 Å². The summed E-state index contributed by atoms with van der Waals surface area (Å²) in [6, 6.07) is 9.87. The molecule has 1 aliphatic heterocycles. The summed E-state index contributed by atoms with van der Waals surface area (Å²) in [5.74, 6) is 0.989. The van der Waals surface area contributed by atoms with Gasteiger partial charge >= 0.3 is 0 Å². The van der Waals surface area contributed by atoms with Gasteiger partial charge in [-0.1, -0.05) is 46.8 Å². The van der Waals surface area contributed by atoms with E-state index in [1.54, 1.807) is 0 Å². The van der Waals surface area contributed by atoms with E-state index in [1.165, 1.54) is 31.5 Å². The lowest BCUT2D eigenvalue weighted by molar-refractivity contribution is 0.179. The maximum Gasteiger partial charge on any atom is 0.119 e. The molecule has 3 heteroatoms. The molecule has 1 heterocycles. The lowest BCUT2D eigenvalue weighted by Crippen LogP contribution is -2.45. The van der Waals surface area contributed by atoms with Crippen molar-refractivity contribution in [2.75, 3.05) is 26.2 Å². The molecular weight excluding hydrogens is 296 g/mol. The molecule has 0 bridgehead atoms. The molecule has 1 aromatic carbocycles. The zero-order valence-corrected chi connectivity index (χ0v) is 16.3. The van der Waals surface area contributed by atoms with Crippen molar-refractivity contribution in [1.29, 1.82) is 0 Å². The van der Waals surface area contributed by atoms with Crippen LogP contribution in [0.2, 0.25) is 0 Å². The number of benzene rings is 1. The normalized spacial score (nSPS) is 17.4. The van der Waals surface area contributed by atoms with Gasteiger partial charge in [0.2, 0.25) is 0 Å². The Morgan fingerprint density at radius 2 is 1.75 bits per heavy atom. The molecule has 24 heavy (non-hydrogen) atoms. The van der Waals surface area contributed by atoms with Gasteiger partial charge < -0.3 is 15.0 Å². The fraction of sp³-hybridized carbons (Fsp3) is 0.714. The third kappa shape index (κ3) is 6.45. The number of nitrogens with one attached hydrogen (secondary N) is 1. The van der Waals surface area contributed by atoms with E-state index in [1.807, 2.05) is 0 Å². The van der Waals surface area contributed by atoms with Gasteiger partial charge in [-0.2, -0.15) is 0 Å². The molecule has 136 valence electrons. The van der Waals surface area contributed by atoms with Gasteiger partial charge in [0, 0.05) is 18.6 Å². The van der Waals surface area contributed by atoms with Crippen LogP contribution in [-0.4, -0.2) is 43.2 Å². The summed E-state index contributed by atoms with van der Waals surface area (Å²) in [5, 5.41) is 3.65. The van der Waals surface area contributed by atoms with Crippen LogP contribution in [0.3, 0.4) is 0 Å². The number of likely N-dealkylation sites (tertiary alicyclic amines) is 1. The molecule has 0 amide bonds. The Balaban J connectivity index is 1.62. The molecular formula is C21H36N2O. The van der Waals surface area contributed by atoms with Crippen molar-refractivity contribution >= 4 is 0 Å². The summed E-state index contributed by atoms with van der Waals surface area (Å²) in [4.78, 5) is 2.57. The number of hydrogen-bond acceptors (Lipinski definition) is 3. The third-order valence-electron chi connectivity index (χ3n) is 4.76. The number of ether oxygens (including phenoxy) is 1. The quantitative estimate of drug-likeness (QED) is 0.757. The summed E-state index contributed by atoms with van der Waals surface area (Å²) >= 11 is 0. The average molecular weight is 333 g/mol. The molecule has 1 N–H and O–H groups in total. The molecule has 0 spiro atoms. The van der Waals surface area contributed by atoms with Gasteiger partial charge in [0.25, 0.3) is 0 Å². The fourth-order valence-corrected chi connectivity index (χ4v) is 3.32. The van der Waals surface area contributed by atoms with Crippen molar-refractivity contribution in [3.63, 3.8) is 0 Å². The Bertz CT molecular complexity index is 468. The van der Waals surface area contributed by atoms with Crippen LogP contribution in [0.5, 0.6) is 5.75 Å². The Hall–Kier alpha value is -1.06. The third-order valence-corrected chi connectivity index (χ3v) is 4.76. The Kier molecular flexibility index (Phi) is 7.12. The van der Waals surface area contributed by atoms with E-state index in [0.717, 1.165) is 25.3 Å². The molecule has 0 unspecified atom stereocenters. The molecule has 1 aromatic rings. The molecule has 0 aromatic heterocycles. The maximum atomic E-state index is 5.90. The van der Waals surface area contributed by atoms with Crippen LogP contribution in [0, 0.1) is 0 Å². The fourth-order valence-electron chi connectivity index (χ4n) is 3.32. The highest BCUT2D eigenvalue weighted by Crippen LogP contribution is 2.24. The first kappa shape index (κ1) is 19.3. The van der Waals surface area contributed by atoms with Crippen LogP contribution in [0.25, 0.3) is 0 Å². The molecule has 1 fully saturated rings. The second-order valence-corrected chi connectivity index (χ2v) is 8.41. The largest absolute Gasteiger partial charge is 0.494 e. The molecule has 0 radical (unpaired) electrons. The smallest absolute Gasteiger partial charge is 0.119 e. The van der Waals surface area contributed by atoms with Gasteiger partial charge in [0.1, 0.15) is 5.75 Å². The predicted octanol–water partition coefficient (Wildman–Crippen LogP) is 4.22. The Morgan fingerprint density at radius 3 is 2.29 bits per heavy atom. The first-order valence-corrected chi connectivity index (χ1v) is 9.56. The summed E-state index contributed by atoms with van der Waals surface area (Å²) < 4.78 is 5.90. The summed E-state index contributed by atoms with van der Waals surface area (Å²) in [5.41, 5.74) is 1.56. The minimum Gasteiger partial charge on any atom is -0.494 e. The molecule has 0 aliphatic carbocycles. The average Bonchev–Trinajstić information content (AvgIpc) is 2.52. The molecule has 1 saturated heterocycles. The molecule has 1 aliphatic rings. The van der Waals surface area contributed by atoms with Gasteiger partial charge in [0.15, 0.2) is 0 Å². The minimum absolute atomic E-state index is 0.203. The lowest BCUT2D eigenvalue weighted by Gasteiger charge is -2.33. The predicted molar refractivity (Wildman–Crippen MR) is 103 cm³/mol. The monoisotopic (exact) mass is 332 g/mol. The van der Waals surface area contributed by atoms with Crippen LogP contribution in [0.15, 0.2) is 24.3 Å². The van der Waals surface area contributed by atoms with Crippen molar-refractivity contribution in [3.05, 3.63) is 29.8 Å². The van der Waals surface area contributed by atoms with E-state index < -0.39 is 0 Å². The maximum absolute atomic E-state index is 5.90. The van der Waals surface area contributed by atoms with Gasteiger partial charge in [-0.3, -0.25) is 0 Å². The highest BCUT2D eigenvalue weighted by atomic mass is 16.5. The number of rotatable bonds is 7. The summed E-state index contributed by atoms with van der Waals surface area (Å²) in [6.07, 6.45) is 3.64. The highest BCUT2D eigenvalue weighted by Gasteiger charge is 2.19. The van der Waals surface area contributed by atoms with Gasteiger partial charge in [-0.25, -0.2) is 0 Å². The van der Waals surface area contributed by atoms with E-state index in [4.69, 9.17) is 4.74 Å². The van der Waals surface area contributed by atoms with E-state index >= 15 is 0 Å². The van der Waals surface area contributed by atoms with Gasteiger partial charge in [-0.15, -0.1) is 0 Å². The van der Waals surface area contributed by atoms with Crippen LogP contribution >= 0.6 is 0 Å². The van der Waals surface area contributed by atoms with Crippen molar-refractivity contribution < 1.29 is 4.74 Å². The molecule has 0 saturated carbocycles. The standard InChI is InChI=1S/C21H36N2O/c1-17(2)22-19-11-14-23(15-12-19)13-6-16-24-20-9-7-18(8-10-20)21(3,4)5/h7-10,17,19,22H,6,11-16H2,1-5H3. The van der Waals surface area contributed by atoms with Crippen LogP contribution < -0.4 is 10.1 Å². The lowest BCUT2D eigenvalue weighted by atomic mass is 9.87. The van der Waals surface area contributed by atoms with Crippen molar-refractivity contribution in [3.8, 4) is 5.75 Å². The second-order valence-electron chi connectivity index (χ2n) is 8.41. The minimum atomic E-state index is 0.203. The second kappa shape index (κ2) is 8.87. The first-order valence-electron chi connectivity index (χ1n) is 9.56. The Morgan fingerprint density at radius 1 is 1.12 bits per heavy atom. The topological polar surface area (TPSA) is 24.5 Å². The van der Waals surface area contributed by atoms with Crippen LogP contribution in [0.4, 0.5) is 0 Å². The van der Waals surface area contributed by atoms with E-state index in [0.29, 0.717) is 12.1 Å².